The highest BCUT2D eigenvalue weighted by molar-refractivity contribution is 5.32. The molecule has 1 aromatic heterocycles. The fourth-order valence-corrected chi connectivity index (χ4v) is 1.83. The van der Waals surface area contributed by atoms with E-state index < -0.39 is 0 Å². The highest BCUT2D eigenvalue weighted by Crippen LogP contribution is 2.19. The molecule has 1 heterocycles. The predicted molar refractivity (Wildman–Crippen MR) is 75.0 cm³/mol. The number of ether oxygens (including phenoxy) is 1. The van der Waals surface area contributed by atoms with Crippen LogP contribution in [0.4, 0.5) is 0 Å². The van der Waals surface area contributed by atoms with Crippen molar-refractivity contribution in [2.45, 2.75) is 33.0 Å². The molecule has 100 valence electrons. The number of para-hydroxylation sites is 1. The van der Waals surface area contributed by atoms with Gasteiger partial charge in [-0.15, -0.1) is 0 Å². The molecule has 0 atom stereocenters. The summed E-state index contributed by atoms with van der Waals surface area (Å²) < 4.78 is 5.73. The Balaban J connectivity index is 2.08. The van der Waals surface area contributed by atoms with Gasteiger partial charge in [-0.1, -0.05) is 38.1 Å². The van der Waals surface area contributed by atoms with Gasteiger partial charge in [-0.05, 0) is 24.1 Å². The van der Waals surface area contributed by atoms with Crippen molar-refractivity contribution in [1.82, 2.24) is 4.98 Å². The first-order chi connectivity index (χ1) is 9.20. The first kappa shape index (κ1) is 13.6. The molecule has 1 aromatic carbocycles. The van der Waals surface area contributed by atoms with Crippen LogP contribution in [0, 0.1) is 0 Å². The smallest absolute Gasteiger partial charge is 0.130 e. The summed E-state index contributed by atoms with van der Waals surface area (Å²) in [5, 5.41) is 9.24. The van der Waals surface area contributed by atoms with Gasteiger partial charge in [0.05, 0.1) is 12.3 Å². The van der Waals surface area contributed by atoms with Crippen molar-refractivity contribution in [2.24, 2.45) is 0 Å². The zero-order chi connectivity index (χ0) is 13.7. The van der Waals surface area contributed by atoms with Crippen LogP contribution in [0.15, 0.2) is 42.5 Å². The van der Waals surface area contributed by atoms with Crippen molar-refractivity contribution in [3.8, 4) is 5.75 Å². The zero-order valence-corrected chi connectivity index (χ0v) is 11.3. The number of aliphatic hydroxyl groups is 1. The van der Waals surface area contributed by atoms with Crippen molar-refractivity contribution in [3.05, 3.63) is 59.4 Å². The van der Waals surface area contributed by atoms with E-state index in [0.29, 0.717) is 18.3 Å². The third-order valence-electron chi connectivity index (χ3n) is 2.94. The van der Waals surface area contributed by atoms with Crippen molar-refractivity contribution >= 4 is 0 Å². The second-order valence-corrected chi connectivity index (χ2v) is 4.76. The van der Waals surface area contributed by atoms with E-state index in [4.69, 9.17) is 4.74 Å². The predicted octanol–water partition coefficient (Wildman–Crippen LogP) is 3.28. The lowest BCUT2D eigenvalue weighted by molar-refractivity contribution is 0.257. The number of hydrogen-bond acceptors (Lipinski definition) is 3. The van der Waals surface area contributed by atoms with E-state index in [-0.39, 0.29) is 6.61 Å². The van der Waals surface area contributed by atoms with Crippen LogP contribution in [-0.4, -0.2) is 10.1 Å². The first-order valence-corrected chi connectivity index (χ1v) is 6.48. The molecule has 19 heavy (non-hydrogen) atoms. The Morgan fingerprint density at radius 3 is 2.63 bits per heavy atom. The van der Waals surface area contributed by atoms with Crippen LogP contribution in [-0.2, 0) is 13.2 Å². The topological polar surface area (TPSA) is 42.4 Å². The van der Waals surface area contributed by atoms with Gasteiger partial charge in [0.15, 0.2) is 0 Å². The Labute approximate surface area is 113 Å². The van der Waals surface area contributed by atoms with E-state index in [2.05, 4.69) is 18.8 Å². The van der Waals surface area contributed by atoms with Gasteiger partial charge in [-0.2, -0.15) is 0 Å². The molecule has 0 aliphatic rings. The molecule has 3 heteroatoms. The number of rotatable bonds is 5. The molecule has 0 aliphatic carbocycles. The van der Waals surface area contributed by atoms with Gasteiger partial charge in [0.25, 0.3) is 0 Å². The quantitative estimate of drug-likeness (QED) is 0.893. The number of aliphatic hydroxyl groups excluding tert-OH is 1. The van der Waals surface area contributed by atoms with E-state index in [1.165, 1.54) is 0 Å². The maximum absolute atomic E-state index is 9.24. The number of aromatic nitrogens is 1. The van der Waals surface area contributed by atoms with Gasteiger partial charge in [0.2, 0.25) is 0 Å². The fourth-order valence-electron chi connectivity index (χ4n) is 1.83. The maximum atomic E-state index is 9.24. The van der Waals surface area contributed by atoms with Crippen LogP contribution in [0.1, 0.15) is 36.7 Å². The van der Waals surface area contributed by atoms with Gasteiger partial charge in [0.1, 0.15) is 12.4 Å². The summed E-state index contributed by atoms with van der Waals surface area (Å²) in [4.78, 5) is 4.56. The number of nitrogens with zero attached hydrogens (tertiary/aromatic N) is 1. The molecule has 1 N–H and O–H groups in total. The van der Waals surface area contributed by atoms with E-state index in [0.717, 1.165) is 17.0 Å². The van der Waals surface area contributed by atoms with Crippen LogP contribution >= 0.6 is 0 Å². The third kappa shape index (κ3) is 3.55. The molecule has 0 aliphatic heterocycles. The van der Waals surface area contributed by atoms with Crippen LogP contribution < -0.4 is 4.74 Å². The Hall–Kier alpha value is -1.87. The summed E-state index contributed by atoms with van der Waals surface area (Å²) in [6.45, 7) is 4.63. The first-order valence-electron chi connectivity index (χ1n) is 6.48. The van der Waals surface area contributed by atoms with Gasteiger partial charge < -0.3 is 9.84 Å². The normalized spacial score (nSPS) is 10.7. The highest BCUT2D eigenvalue weighted by Gasteiger charge is 2.05. The minimum atomic E-state index is -0.0182. The molecule has 0 saturated heterocycles. The summed E-state index contributed by atoms with van der Waals surface area (Å²) in [6, 6.07) is 13.5. The fraction of sp³-hybridized carbons (Fsp3) is 0.312. The summed E-state index contributed by atoms with van der Waals surface area (Å²) in [5.41, 5.74) is 2.76. The SMILES string of the molecule is CC(C)c1cccc(COc2ccccc2CO)n1. The molecule has 0 radical (unpaired) electrons. The van der Waals surface area contributed by atoms with Crippen LogP contribution in [0.5, 0.6) is 5.75 Å². The van der Waals surface area contributed by atoms with Crippen LogP contribution in [0.2, 0.25) is 0 Å². The summed E-state index contributed by atoms with van der Waals surface area (Å²) in [6.07, 6.45) is 0. The number of benzene rings is 1. The lowest BCUT2D eigenvalue weighted by Crippen LogP contribution is -2.03. The average Bonchev–Trinajstić information content (AvgIpc) is 2.45. The Kier molecular flexibility index (Phi) is 4.53. The minimum Gasteiger partial charge on any atom is -0.487 e. The Morgan fingerprint density at radius 1 is 1.11 bits per heavy atom. The molecule has 0 fully saturated rings. The molecule has 0 unspecified atom stereocenters. The van der Waals surface area contributed by atoms with E-state index in [1.807, 2.05) is 42.5 Å². The van der Waals surface area contributed by atoms with Crippen LogP contribution in [0.3, 0.4) is 0 Å². The average molecular weight is 257 g/mol. The standard InChI is InChI=1S/C16H19NO2/c1-12(2)15-8-5-7-14(17-15)11-19-16-9-4-3-6-13(16)10-18/h3-9,12,18H,10-11H2,1-2H3. The molecule has 2 rings (SSSR count). The third-order valence-corrected chi connectivity index (χ3v) is 2.94. The van der Waals surface area contributed by atoms with Gasteiger partial charge in [-0.25, -0.2) is 0 Å². The molecule has 3 nitrogen and oxygen atoms in total. The number of pyridine rings is 1. The highest BCUT2D eigenvalue weighted by atomic mass is 16.5. The van der Waals surface area contributed by atoms with Crippen molar-refractivity contribution in [3.63, 3.8) is 0 Å². The minimum absolute atomic E-state index is 0.0182. The monoisotopic (exact) mass is 257 g/mol. The maximum Gasteiger partial charge on any atom is 0.130 e. The zero-order valence-electron chi connectivity index (χ0n) is 11.3. The molecular formula is C16H19NO2. The Bertz CT molecular complexity index is 538. The summed E-state index contributed by atoms with van der Waals surface area (Å²) in [5.74, 6) is 1.12. The van der Waals surface area contributed by atoms with E-state index >= 15 is 0 Å². The van der Waals surface area contributed by atoms with Crippen LogP contribution in [0.25, 0.3) is 0 Å². The molecular weight excluding hydrogens is 238 g/mol. The molecule has 0 spiro atoms. The van der Waals surface area contributed by atoms with Gasteiger partial charge >= 0.3 is 0 Å². The van der Waals surface area contributed by atoms with E-state index in [9.17, 15) is 5.11 Å². The molecule has 0 saturated carbocycles. The largest absolute Gasteiger partial charge is 0.487 e. The Morgan fingerprint density at radius 2 is 1.89 bits per heavy atom. The van der Waals surface area contributed by atoms with E-state index in [1.54, 1.807) is 0 Å². The van der Waals surface area contributed by atoms with Crippen molar-refractivity contribution < 1.29 is 9.84 Å². The van der Waals surface area contributed by atoms with Crippen molar-refractivity contribution in [2.75, 3.05) is 0 Å². The van der Waals surface area contributed by atoms with Gasteiger partial charge in [0, 0.05) is 11.3 Å². The van der Waals surface area contributed by atoms with Crippen molar-refractivity contribution in [1.29, 1.82) is 0 Å². The lowest BCUT2D eigenvalue weighted by Gasteiger charge is -2.11. The molecule has 2 aromatic rings. The molecule has 0 amide bonds. The summed E-state index contributed by atoms with van der Waals surface area (Å²) >= 11 is 0. The lowest BCUT2D eigenvalue weighted by atomic mass is 10.1. The molecule has 0 bridgehead atoms. The second kappa shape index (κ2) is 6.34. The van der Waals surface area contributed by atoms with Gasteiger partial charge in [-0.3, -0.25) is 4.98 Å². The summed E-state index contributed by atoms with van der Waals surface area (Å²) in [7, 11) is 0. The second-order valence-electron chi connectivity index (χ2n) is 4.76. The number of hydrogen-bond donors (Lipinski definition) is 1.